The predicted molar refractivity (Wildman–Crippen MR) is 178 cm³/mol. The van der Waals surface area contributed by atoms with Gasteiger partial charge in [-0.15, -0.1) is 0 Å². The molecular weight excluding hydrogens is 540 g/mol. The van der Waals surface area contributed by atoms with Gasteiger partial charge in [0.05, 0.1) is 5.52 Å². The highest BCUT2D eigenvalue weighted by Gasteiger charge is 2.23. The Kier molecular flexibility index (Phi) is 5.43. The molecule has 6 aromatic carbocycles. The van der Waals surface area contributed by atoms with E-state index >= 15 is 0 Å². The monoisotopic (exact) mass is 564 g/mol. The second-order valence-corrected chi connectivity index (χ2v) is 10.9. The average Bonchev–Trinajstić information content (AvgIpc) is 3.65. The van der Waals surface area contributed by atoms with Crippen molar-refractivity contribution in [1.29, 1.82) is 0 Å². The maximum Gasteiger partial charge on any atom is 0.238 e. The highest BCUT2D eigenvalue weighted by molar-refractivity contribution is 6.24. The number of fused-ring (bicyclic) bond motifs is 7. The lowest BCUT2D eigenvalue weighted by Gasteiger charge is -2.11. The van der Waals surface area contributed by atoms with Crippen LogP contribution < -0.4 is 0 Å². The van der Waals surface area contributed by atoms with Crippen LogP contribution in [0, 0.1) is 0 Å². The molecule has 206 valence electrons. The van der Waals surface area contributed by atoms with Crippen LogP contribution in [0.5, 0.6) is 0 Å². The fraction of sp³-hybridized carbons (Fsp3) is 0. The molecule has 0 aliphatic heterocycles. The molecule has 0 radical (unpaired) electrons. The number of furan rings is 1. The van der Waals surface area contributed by atoms with E-state index in [1.807, 2.05) is 78.9 Å². The molecular formula is C39H24N4O. The van der Waals surface area contributed by atoms with Crippen molar-refractivity contribution in [3.8, 4) is 39.9 Å². The maximum absolute atomic E-state index is 6.64. The molecule has 0 atom stereocenters. The van der Waals surface area contributed by atoms with Gasteiger partial charge in [-0.3, -0.25) is 4.57 Å². The van der Waals surface area contributed by atoms with Gasteiger partial charge in [-0.2, -0.15) is 9.97 Å². The second-order valence-electron chi connectivity index (χ2n) is 10.9. The number of nitrogens with zero attached hydrogens (tertiary/aromatic N) is 4. The standard InChI is InChI=1S/C39H24N4O/c1-4-13-25(14-5-1)28-20-12-21-32-34(28)31-24-23-30-29-19-10-11-22-33(29)44-36(30)35(31)43(32)39-41-37(26-15-6-2-7-16-26)40-38(42-39)27-17-8-3-9-18-27/h1-24H. The third kappa shape index (κ3) is 3.76. The summed E-state index contributed by atoms with van der Waals surface area (Å²) in [6.07, 6.45) is 0. The minimum absolute atomic E-state index is 0.538. The fourth-order valence-corrected chi connectivity index (χ4v) is 6.29. The van der Waals surface area contributed by atoms with Crippen LogP contribution in [0.15, 0.2) is 150 Å². The Morgan fingerprint density at radius 2 is 1.05 bits per heavy atom. The van der Waals surface area contributed by atoms with Gasteiger partial charge in [-0.05, 0) is 29.3 Å². The van der Waals surface area contributed by atoms with Crippen LogP contribution in [0.3, 0.4) is 0 Å². The zero-order chi connectivity index (χ0) is 29.0. The fourth-order valence-electron chi connectivity index (χ4n) is 6.29. The summed E-state index contributed by atoms with van der Waals surface area (Å²) in [5.41, 5.74) is 7.72. The highest BCUT2D eigenvalue weighted by atomic mass is 16.3. The number of benzene rings is 6. The molecule has 0 aliphatic carbocycles. The Balaban J connectivity index is 1.46. The van der Waals surface area contributed by atoms with E-state index in [2.05, 4.69) is 71.3 Å². The average molecular weight is 565 g/mol. The van der Waals surface area contributed by atoms with Gasteiger partial charge in [-0.25, -0.2) is 4.98 Å². The van der Waals surface area contributed by atoms with Crippen molar-refractivity contribution < 1.29 is 4.42 Å². The summed E-state index contributed by atoms with van der Waals surface area (Å²) in [7, 11) is 0. The van der Waals surface area contributed by atoms with E-state index in [9.17, 15) is 0 Å². The van der Waals surface area contributed by atoms with Crippen LogP contribution in [-0.2, 0) is 0 Å². The van der Waals surface area contributed by atoms with Gasteiger partial charge in [0.1, 0.15) is 11.1 Å². The first-order chi connectivity index (χ1) is 21.8. The van der Waals surface area contributed by atoms with Gasteiger partial charge in [0, 0.05) is 32.7 Å². The molecule has 5 heteroatoms. The van der Waals surface area contributed by atoms with Crippen molar-refractivity contribution in [2.45, 2.75) is 0 Å². The molecule has 44 heavy (non-hydrogen) atoms. The van der Waals surface area contributed by atoms with E-state index in [-0.39, 0.29) is 0 Å². The normalized spacial score (nSPS) is 11.6. The Morgan fingerprint density at radius 3 is 1.73 bits per heavy atom. The summed E-state index contributed by atoms with van der Waals surface area (Å²) in [5.74, 6) is 1.76. The summed E-state index contributed by atoms with van der Waals surface area (Å²) >= 11 is 0. The summed E-state index contributed by atoms with van der Waals surface area (Å²) < 4.78 is 8.80. The van der Waals surface area contributed by atoms with Gasteiger partial charge < -0.3 is 4.42 Å². The van der Waals surface area contributed by atoms with Crippen molar-refractivity contribution in [3.63, 3.8) is 0 Å². The van der Waals surface area contributed by atoms with Gasteiger partial charge in [0.25, 0.3) is 0 Å². The van der Waals surface area contributed by atoms with Crippen LogP contribution >= 0.6 is 0 Å². The molecule has 0 bridgehead atoms. The van der Waals surface area contributed by atoms with E-state index < -0.39 is 0 Å². The molecule has 0 saturated heterocycles. The zero-order valence-corrected chi connectivity index (χ0v) is 23.6. The number of hydrogen-bond acceptors (Lipinski definition) is 4. The minimum Gasteiger partial charge on any atom is -0.454 e. The maximum atomic E-state index is 6.64. The lowest BCUT2D eigenvalue weighted by Crippen LogP contribution is -2.06. The molecule has 3 aromatic heterocycles. The van der Waals surface area contributed by atoms with Gasteiger partial charge in [0.2, 0.25) is 5.95 Å². The number of hydrogen-bond donors (Lipinski definition) is 0. The first-order valence-corrected chi connectivity index (χ1v) is 14.6. The van der Waals surface area contributed by atoms with Crippen molar-refractivity contribution in [2.24, 2.45) is 0 Å². The molecule has 0 unspecified atom stereocenters. The molecule has 0 N–H and O–H groups in total. The molecule has 0 aliphatic rings. The minimum atomic E-state index is 0.538. The molecule has 0 saturated carbocycles. The number of aromatic nitrogens is 4. The lowest BCUT2D eigenvalue weighted by atomic mass is 9.99. The molecule has 3 heterocycles. The van der Waals surface area contributed by atoms with E-state index in [0.717, 1.165) is 66.0 Å². The van der Waals surface area contributed by atoms with E-state index in [0.29, 0.717) is 17.6 Å². The SMILES string of the molecule is c1ccc(-c2nc(-c3ccccc3)nc(-n3c4cccc(-c5ccccc5)c4c4ccc5c6ccccc6oc5c43)n2)cc1. The number of rotatable bonds is 4. The number of para-hydroxylation sites is 1. The zero-order valence-electron chi connectivity index (χ0n) is 23.6. The van der Waals surface area contributed by atoms with E-state index in [4.69, 9.17) is 19.4 Å². The molecule has 0 fully saturated rings. The summed E-state index contributed by atoms with van der Waals surface area (Å²) in [5, 5.41) is 4.34. The smallest absolute Gasteiger partial charge is 0.238 e. The molecule has 0 amide bonds. The van der Waals surface area contributed by atoms with Crippen LogP contribution in [0.1, 0.15) is 0 Å². The Hall–Kier alpha value is -6.07. The first-order valence-electron chi connectivity index (χ1n) is 14.6. The third-order valence-electron chi connectivity index (χ3n) is 8.27. The topological polar surface area (TPSA) is 56.7 Å². The van der Waals surface area contributed by atoms with Crippen LogP contribution in [0.2, 0.25) is 0 Å². The molecule has 0 spiro atoms. The highest BCUT2D eigenvalue weighted by Crippen LogP contribution is 2.43. The lowest BCUT2D eigenvalue weighted by molar-refractivity contribution is 0.670. The van der Waals surface area contributed by atoms with Crippen LogP contribution in [0.4, 0.5) is 0 Å². The summed E-state index contributed by atoms with van der Waals surface area (Å²) in [4.78, 5) is 15.2. The molecule has 9 rings (SSSR count). The van der Waals surface area contributed by atoms with Crippen molar-refractivity contribution in [3.05, 3.63) is 146 Å². The third-order valence-corrected chi connectivity index (χ3v) is 8.27. The van der Waals surface area contributed by atoms with Crippen LogP contribution in [-0.4, -0.2) is 19.5 Å². The summed E-state index contributed by atoms with van der Waals surface area (Å²) in [6, 6.07) is 49.7. The Labute approximate surface area is 252 Å². The van der Waals surface area contributed by atoms with Gasteiger partial charge in [-0.1, -0.05) is 127 Å². The van der Waals surface area contributed by atoms with Crippen molar-refractivity contribution >= 4 is 43.7 Å². The Bertz CT molecular complexity index is 2420. The van der Waals surface area contributed by atoms with E-state index in [1.165, 1.54) is 0 Å². The van der Waals surface area contributed by atoms with Crippen molar-refractivity contribution in [2.75, 3.05) is 0 Å². The largest absolute Gasteiger partial charge is 0.454 e. The quantitative estimate of drug-likeness (QED) is 0.213. The molecule has 9 aromatic rings. The predicted octanol–water partition coefficient (Wildman–Crippen LogP) is 9.87. The molecule has 5 nitrogen and oxygen atoms in total. The van der Waals surface area contributed by atoms with Gasteiger partial charge in [0.15, 0.2) is 17.2 Å². The first kappa shape index (κ1) is 24.5. The second kappa shape index (κ2) is 9.75. The van der Waals surface area contributed by atoms with Gasteiger partial charge >= 0.3 is 0 Å². The van der Waals surface area contributed by atoms with Crippen LogP contribution in [0.25, 0.3) is 83.6 Å². The summed E-state index contributed by atoms with van der Waals surface area (Å²) in [6.45, 7) is 0. The Morgan fingerprint density at radius 1 is 0.455 bits per heavy atom. The van der Waals surface area contributed by atoms with Crippen molar-refractivity contribution in [1.82, 2.24) is 19.5 Å². The van der Waals surface area contributed by atoms with E-state index in [1.54, 1.807) is 0 Å².